The van der Waals surface area contributed by atoms with Gasteiger partial charge in [-0.2, -0.15) is 0 Å². The maximum atomic E-state index is 3.53. The summed E-state index contributed by atoms with van der Waals surface area (Å²) in [5.74, 6) is 0. The van der Waals surface area contributed by atoms with E-state index in [4.69, 9.17) is 0 Å². The number of nitrogens with one attached hydrogen (secondary N) is 1. The van der Waals surface area contributed by atoms with Crippen molar-refractivity contribution >= 4 is 0 Å². The van der Waals surface area contributed by atoms with Gasteiger partial charge in [0, 0.05) is 25.2 Å². The van der Waals surface area contributed by atoms with Gasteiger partial charge in [-0.1, -0.05) is 19.8 Å². The van der Waals surface area contributed by atoms with Crippen LogP contribution in [-0.2, 0) is 0 Å². The first kappa shape index (κ1) is 8.52. The molecule has 2 heteroatoms. The Labute approximate surface area is 75.3 Å². The van der Waals surface area contributed by atoms with Crippen molar-refractivity contribution in [1.29, 1.82) is 0 Å². The molecular weight excluding hydrogens is 148 g/mol. The lowest BCUT2D eigenvalue weighted by Gasteiger charge is -2.26. The van der Waals surface area contributed by atoms with Gasteiger partial charge in [-0.05, 0) is 19.4 Å². The minimum atomic E-state index is 0.830. The van der Waals surface area contributed by atoms with Crippen molar-refractivity contribution in [2.75, 3.05) is 19.6 Å². The highest BCUT2D eigenvalue weighted by atomic mass is 15.3. The van der Waals surface area contributed by atoms with E-state index in [1.165, 1.54) is 45.3 Å². The zero-order valence-electron chi connectivity index (χ0n) is 8.05. The fourth-order valence-electron chi connectivity index (χ4n) is 2.49. The van der Waals surface area contributed by atoms with E-state index < -0.39 is 0 Å². The van der Waals surface area contributed by atoms with Crippen LogP contribution in [0.3, 0.4) is 0 Å². The van der Waals surface area contributed by atoms with Crippen LogP contribution in [0.2, 0.25) is 0 Å². The predicted molar refractivity (Wildman–Crippen MR) is 51.3 cm³/mol. The molecule has 2 heterocycles. The highest BCUT2D eigenvalue weighted by Gasteiger charge is 2.36. The Morgan fingerprint density at radius 1 is 1.42 bits per heavy atom. The summed E-state index contributed by atoms with van der Waals surface area (Å²) in [6.07, 6.45) is 5.56. The van der Waals surface area contributed by atoms with Gasteiger partial charge in [-0.15, -0.1) is 0 Å². The molecule has 2 aliphatic heterocycles. The van der Waals surface area contributed by atoms with E-state index in [1.807, 2.05) is 0 Å². The number of likely N-dealkylation sites (tertiary alicyclic amines) is 1. The first-order valence-electron chi connectivity index (χ1n) is 5.37. The van der Waals surface area contributed by atoms with Crippen LogP contribution in [0.1, 0.15) is 32.6 Å². The molecule has 0 spiro atoms. The second kappa shape index (κ2) is 3.75. The van der Waals surface area contributed by atoms with E-state index in [0.29, 0.717) is 0 Å². The van der Waals surface area contributed by atoms with E-state index in [-0.39, 0.29) is 0 Å². The molecule has 0 saturated carbocycles. The largest absolute Gasteiger partial charge is 0.311 e. The standard InChI is InChI=1S/C10H20N2/c1-2-3-4-5-12-8-9-6-10(12)7-11-9/h9-11H,2-8H2,1H3/t9-,10-/m0/s1. The molecule has 0 radical (unpaired) electrons. The van der Waals surface area contributed by atoms with Gasteiger partial charge in [0.15, 0.2) is 0 Å². The molecule has 2 nitrogen and oxygen atoms in total. The molecule has 0 unspecified atom stereocenters. The highest BCUT2D eigenvalue weighted by Crippen LogP contribution is 2.23. The molecule has 1 N–H and O–H groups in total. The Kier molecular flexibility index (Phi) is 2.66. The average molecular weight is 168 g/mol. The molecule has 2 fully saturated rings. The second-order valence-corrected chi connectivity index (χ2v) is 4.20. The number of unbranched alkanes of at least 4 members (excludes halogenated alkanes) is 2. The van der Waals surface area contributed by atoms with Gasteiger partial charge in [0.2, 0.25) is 0 Å². The summed E-state index contributed by atoms with van der Waals surface area (Å²) in [7, 11) is 0. The molecule has 2 bridgehead atoms. The first-order valence-corrected chi connectivity index (χ1v) is 5.37. The summed E-state index contributed by atoms with van der Waals surface area (Å²) in [6.45, 7) is 6.18. The maximum Gasteiger partial charge on any atom is 0.0236 e. The molecular formula is C10H20N2. The van der Waals surface area contributed by atoms with E-state index in [2.05, 4.69) is 17.1 Å². The fraction of sp³-hybridized carbons (Fsp3) is 1.00. The molecule has 12 heavy (non-hydrogen) atoms. The number of hydrogen-bond donors (Lipinski definition) is 1. The predicted octanol–water partition coefficient (Wildman–Crippen LogP) is 1.22. The van der Waals surface area contributed by atoms with E-state index in [9.17, 15) is 0 Å². The lowest BCUT2D eigenvalue weighted by Crippen LogP contribution is -2.43. The number of hydrogen-bond acceptors (Lipinski definition) is 2. The van der Waals surface area contributed by atoms with Crippen LogP contribution in [0, 0.1) is 0 Å². The van der Waals surface area contributed by atoms with Crippen molar-refractivity contribution in [3.63, 3.8) is 0 Å². The minimum absolute atomic E-state index is 0.830. The third kappa shape index (κ3) is 1.64. The molecule has 2 rings (SSSR count). The van der Waals surface area contributed by atoms with Crippen molar-refractivity contribution in [1.82, 2.24) is 10.2 Å². The molecule has 0 aromatic rings. The van der Waals surface area contributed by atoms with E-state index >= 15 is 0 Å². The van der Waals surface area contributed by atoms with Crippen LogP contribution >= 0.6 is 0 Å². The number of rotatable bonds is 4. The third-order valence-electron chi connectivity index (χ3n) is 3.22. The van der Waals surface area contributed by atoms with Crippen LogP contribution in [-0.4, -0.2) is 36.6 Å². The number of piperazine rings is 1. The van der Waals surface area contributed by atoms with Gasteiger partial charge in [0.25, 0.3) is 0 Å². The van der Waals surface area contributed by atoms with Crippen molar-refractivity contribution in [2.45, 2.75) is 44.7 Å². The zero-order chi connectivity index (χ0) is 8.39. The van der Waals surface area contributed by atoms with Crippen LogP contribution in [0.5, 0.6) is 0 Å². The van der Waals surface area contributed by atoms with Crippen molar-refractivity contribution in [3.05, 3.63) is 0 Å². The Bertz CT molecular complexity index is 147. The van der Waals surface area contributed by atoms with Crippen molar-refractivity contribution < 1.29 is 0 Å². The first-order chi connectivity index (χ1) is 5.90. The summed E-state index contributed by atoms with van der Waals surface area (Å²) in [5.41, 5.74) is 0. The molecule has 0 amide bonds. The molecule has 70 valence electrons. The fourth-order valence-corrected chi connectivity index (χ4v) is 2.49. The van der Waals surface area contributed by atoms with Crippen LogP contribution < -0.4 is 5.32 Å². The van der Waals surface area contributed by atoms with Gasteiger partial charge >= 0.3 is 0 Å². The Morgan fingerprint density at radius 2 is 2.33 bits per heavy atom. The minimum Gasteiger partial charge on any atom is -0.311 e. The summed E-state index contributed by atoms with van der Waals surface area (Å²) in [6, 6.07) is 1.71. The number of fused-ring (bicyclic) bond motifs is 2. The van der Waals surface area contributed by atoms with Gasteiger partial charge in [0.1, 0.15) is 0 Å². The molecule has 2 saturated heterocycles. The number of nitrogens with zero attached hydrogens (tertiary/aromatic N) is 1. The topological polar surface area (TPSA) is 15.3 Å². The molecule has 2 aliphatic rings. The molecule has 2 atom stereocenters. The van der Waals surface area contributed by atoms with Gasteiger partial charge in [-0.25, -0.2) is 0 Å². The quantitative estimate of drug-likeness (QED) is 0.635. The molecule has 0 aromatic carbocycles. The smallest absolute Gasteiger partial charge is 0.0236 e. The van der Waals surface area contributed by atoms with Crippen molar-refractivity contribution in [3.8, 4) is 0 Å². The maximum absolute atomic E-state index is 3.53. The monoisotopic (exact) mass is 168 g/mol. The Morgan fingerprint density at radius 3 is 2.92 bits per heavy atom. The summed E-state index contributed by atoms with van der Waals surface area (Å²) < 4.78 is 0. The van der Waals surface area contributed by atoms with Crippen molar-refractivity contribution in [2.24, 2.45) is 0 Å². The second-order valence-electron chi connectivity index (χ2n) is 4.20. The Balaban J connectivity index is 1.69. The van der Waals surface area contributed by atoms with E-state index in [0.717, 1.165) is 12.1 Å². The molecule has 0 aromatic heterocycles. The SMILES string of the molecule is CCCCCN1C[C@@H]2C[C@H]1CN2. The summed E-state index contributed by atoms with van der Waals surface area (Å²) in [4.78, 5) is 2.68. The van der Waals surface area contributed by atoms with Gasteiger partial charge in [0.05, 0.1) is 0 Å². The Hall–Kier alpha value is -0.0800. The van der Waals surface area contributed by atoms with E-state index in [1.54, 1.807) is 0 Å². The lowest BCUT2D eigenvalue weighted by molar-refractivity contribution is 0.222. The van der Waals surface area contributed by atoms with Crippen LogP contribution in [0.15, 0.2) is 0 Å². The zero-order valence-corrected chi connectivity index (χ0v) is 8.05. The summed E-state index contributed by atoms with van der Waals surface area (Å²) in [5, 5.41) is 3.53. The van der Waals surface area contributed by atoms with Gasteiger partial charge in [-0.3, -0.25) is 4.90 Å². The highest BCUT2D eigenvalue weighted by molar-refractivity contribution is 4.96. The summed E-state index contributed by atoms with van der Waals surface area (Å²) >= 11 is 0. The van der Waals surface area contributed by atoms with Gasteiger partial charge < -0.3 is 5.32 Å². The van der Waals surface area contributed by atoms with Crippen LogP contribution in [0.4, 0.5) is 0 Å². The lowest BCUT2D eigenvalue weighted by atomic mass is 10.2. The average Bonchev–Trinajstić information content (AvgIpc) is 2.65. The normalized spacial score (nSPS) is 34.8. The van der Waals surface area contributed by atoms with Crippen LogP contribution in [0.25, 0.3) is 0 Å². The molecule has 0 aliphatic carbocycles. The third-order valence-corrected chi connectivity index (χ3v) is 3.22.